The van der Waals surface area contributed by atoms with Gasteiger partial charge in [0.25, 0.3) is 0 Å². The molecule has 1 aliphatic rings. The summed E-state index contributed by atoms with van der Waals surface area (Å²) in [5.41, 5.74) is 1.30. The van der Waals surface area contributed by atoms with Gasteiger partial charge in [0, 0.05) is 12.1 Å². The van der Waals surface area contributed by atoms with E-state index in [0.717, 1.165) is 24.8 Å². The van der Waals surface area contributed by atoms with Crippen molar-refractivity contribution >= 4 is 0 Å². The molecule has 0 amide bonds. The van der Waals surface area contributed by atoms with E-state index in [-0.39, 0.29) is 0 Å². The van der Waals surface area contributed by atoms with Gasteiger partial charge in [-0.3, -0.25) is 0 Å². The number of aryl methyl sites for hydroxylation is 1. The Labute approximate surface area is 104 Å². The van der Waals surface area contributed by atoms with Gasteiger partial charge in [-0.05, 0) is 49.8 Å². The van der Waals surface area contributed by atoms with E-state index in [0.29, 0.717) is 11.8 Å². The molecule has 94 valence electrons. The standard InChI is InChI=1S/C15H23NO/c1-3-13-10-15(13)16-11(2)4-5-12-6-8-14(17)9-7-12/h6-9,11,13,15-17H,3-5,10H2,1-2H3. The Balaban J connectivity index is 1.69. The molecule has 0 heterocycles. The molecule has 2 nitrogen and oxygen atoms in total. The highest BCUT2D eigenvalue weighted by atomic mass is 16.3. The van der Waals surface area contributed by atoms with Crippen LogP contribution in [0.3, 0.4) is 0 Å². The van der Waals surface area contributed by atoms with Crippen molar-refractivity contribution in [1.82, 2.24) is 5.32 Å². The van der Waals surface area contributed by atoms with Crippen molar-refractivity contribution in [2.24, 2.45) is 5.92 Å². The average Bonchev–Trinajstić information content (AvgIpc) is 3.07. The SMILES string of the molecule is CCC1CC1NC(C)CCc1ccc(O)cc1. The summed E-state index contributed by atoms with van der Waals surface area (Å²) in [6.07, 6.45) is 4.91. The van der Waals surface area contributed by atoms with Crippen molar-refractivity contribution in [1.29, 1.82) is 0 Å². The van der Waals surface area contributed by atoms with Crippen molar-refractivity contribution in [3.63, 3.8) is 0 Å². The molecule has 1 aliphatic carbocycles. The Morgan fingerprint density at radius 3 is 2.65 bits per heavy atom. The van der Waals surface area contributed by atoms with Gasteiger partial charge < -0.3 is 10.4 Å². The summed E-state index contributed by atoms with van der Waals surface area (Å²) < 4.78 is 0. The second-order valence-corrected chi connectivity index (χ2v) is 5.28. The quantitative estimate of drug-likeness (QED) is 0.791. The van der Waals surface area contributed by atoms with Crippen LogP contribution in [0.2, 0.25) is 0 Å². The number of rotatable bonds is 6. The van der Waals surface area contributed by atoms with Crippen LogP contribution in [0, 0.1) is 5.92 Å². The molecule has 1 aromatic rings. The van der Waals surface area contributed by atoms with E-state index in [4.69, 9.17) is 0 Å². The first-order chi connectivity index (χ1) is 8.19. The first kappa shape index (κ1) is 12.4. The fourth-order valence-corrected chi connectivity index (χ4v) is 2.40. The van der Waals surface area contributed by atoms with Crippen molar-refractivity contribution in [3.8, 4) is 5.75 Å². The van der Waals surface area contributed by atoms with E-state index in [1.807, 2.05) is 12.1 Å². The highest BCUT2D eigenvalue weighted by molar-refractivity contribution is 5.25. The molecule has 2 heteroatoms. The number of hydrogen-bond donors (Lipinski definition) is 2. The molecule has 1 aromatic carbocycles. The van der Waals surface area contributed by atoms with Gasteiger partial charge in [0.05, 0.1) is 0 Å². The highest BCUT2D eigenvalue weighted by Gasteiger charge is 2.35. The van der Waals surface area contributed by atoms with Crippen LogP contribution in [-0.2, 0) is 6.42 Å². The first-order valence-corrected chi connectivity index (χ1v) is 6.73. The molecule has 0 aliphatic heterocycles. The maximum Gasteiger partial charge on any atom is 0.115 e. The Hall–Kier alpha value is -1.02. The Kier molecular flexibility index (Phi) is 4.06. The number of nitrogens with one attached hydrogen (secondary N) is 1. The molecule has 3 atom stereocenters. The molecule has 0 aromatic heterocycles. The predicted octanol–water partition coefficient (Wildman–Crippen LogP) is 3.10. The van der Waals surface area contributed by atoms with Gasteiger partial charge in [-0.1, -0.05) is 25.5 Å². The van der Waals surface area contributed by atoms with Crippen LogP contribution in [-0.4, -0.2) is 17.2 Å². The monoisotopic (exact) mass is 233 g/mol. The average molecular weight is 233 g/mol. The minimum absolute atomic E-state index is 0.351. The summed E-state index contributed by atoms with van der Waals surface area (Å²) in [5.74, 6) is 1.27. The summed E-state index contributed by atoms with van der Waals surface area (Å²) in [5, 5.41) is 12.9. The van der Waals surface area contributed by atoms with Crippen molar-refractivity contribution in [2.45, 2.75) is 51.6 Å². The molecule has 0 bridgehead atoms. The molecule has 2 rings (SSSR count). The number of hydrogen-bond acceptors (Lipinski definition) is 2. The predicted molar refractivity (Wildman–Crippen MR) is 71.2 cm³/mol. The molecule has 17 heavy (non-hydrogen) atoms. The van der Waals surface area contributed by atoms with Gasteiger partial charge in [0.15, 0.2) is 0 Å². The zero-order valence-electron chi connectivity index (χ0n) is 10.8. The van der Waals surface area contributed by atoms with Gasteiger partial charge in [-0.2, -0.15) is 0 Å². The van der Waals surface area contributed by atoms with Crippen LogP contribution in [0.5, 0.6) is 5.75 Å². The maximum atomic E-state index is 9.21. The lowest BCUT2D eigenvalue weighted by atomic mass is 10.1. The van der Waals surface area contributed by atoms with E-state index >= 15 is 0 Å². The van der Waals surface area contributed by atoms with Crippen molar-refractivity contribution in [2.75, 3.05) is 0 Å². The normalized spacial score (nSPS) is 24.6. The molecule has 0 radical (unpaired) electrons. The number of aromatic hydroxyl groups is 1. The van der Waals surface area contributed by atoms with Crippen LogP contribution < -0.4 is 5.32 Å². The maximum absolute atomic E-state index is 9.21. The van der Waals surface area contributed by atoms with Gasteiger partial charge in [-0.15, -0.1) is 0 Å². The largest absolute Gasteiger partial charge is 0.508 e. The van der Waals surface area contributed by atoms with Crippen molar-refractivity contribution < 1.29 is 5.11 Å². The van der Waals surface area contributed by atoms with Crippen LogP contribution in [0.4, 0.5) is 0 Å². The van der Waals surface area contributed by atoms with Crippen LogP contribution in [0.25, 0.3) is 0 Å². The van der Waals surface area contributed by atoms with Gasteiger partial charge in [0.1, 0.15) is 5.75 Å². The molecule has 3 unspecified atom stereocenters. The molecule has 1 fully saturated rings. The van der Waals surface area contributed by atoms with E-state index in [1.54, 1.807) is 12.1 Å². The van der Waals surface area contributed by atoms with Crippen LogP contribution in [0.1, 0.15) is 38.7 Å². The summed E-state index contributed by atoms with van der Waals surface area (Å²) >= 11 is 0. The minimum atomic E-state index is 0.351. The van der Waals surface area contributed by atoms with E-state index < -0.39 is 0 Å². The Morgan fingerprint density at radius 2 is 2.06 bits per heavy atom. The van der Waals surface area contributed by atoms with Crippen molar-refractivity contribution in [3.05, 3.63) is 29.8 Å². The summed E-state index contributed by atoms with van der Waals surface area (Å²) in [6.45, 7) is 4.54. The van der Waals surface area contributed by atoms with Gasteiger partial charge in [-0.25, -0.2) is 0 Å². The summed E-state index contributed by atoms with van der Waals surface area (Å²) in [7, 11) is 0. The number of phenols is 1. The topological polar surface area (TPSA) is 32.3 Å². The molecule has 0 saturated heterocycles. The summed E-state index contributed by atoms with van der Waals surface area (Å²) in [4.78, 5) is 0. The molecule has 0 spiro atoms. The fraction of sp³-hybridized carbons (Fsp3) is 0.600. The Morgan fingerprint density at radius 1 is 1.35 bits per heavy atom. The van der Waals surface area contributed by atoms with E-state index in [9.17, 15) is 5.11 Å². The van der Waals surface area contributed by atoms with Crippen LogP contribution >= 0.6 is 0 Å². The smallest absolute Gasteiger partial charge is 0.115 e. The molecular weight excluding hydrogens is 210 g/mol. The van der Waals surface area contributed by atoms with E-state index in [2.05, 4.69) is 19.2 Å². The second-order valence-electron chi connectivity index (χ2n) is 5.28. The number of phenolic OH excluding ortho intramolecular Hbond substituents is 1. The highest BCUT2D eigenvalue weighted by Crippen LogP contribution is 2.33. The third-order valence-electron chi connectivity index (χ3n) is 3.75. The lowest BCUT2D eigenvalue weighted by molar-refractivity contribution is 0.474. The fourth-order valence-electron chi connectivity index (χ4n) is 2.40. The molecule has 1 saturated carbocycles. The zero-order chi connectivity index (χ0) is 12.3. The van der Waals surface area contributed by atoms with Crippen LogP contribution in [0.15, 0.2) is 24.3 Å². The third-order valence-corrected chi connectivity index (χ3v) is 3.75. The molecular formula is C15H23NO. The lowest BCUT2D eigenvalue weighted by Crippen LogP contribution is -2.29. The molecule has 2 N–H and O–H groups in total. The lowest BCUT2D eigenvalue weighted by Gasteiger charge is -2.13. The third kappa shape index (κ3) is 3.74. The minimum Gasteiger partial charge on any atom is -0.508 e. The summed E-state index contributed by atoms with van der Waals surface area (Å²) in [6, 6.07) is 8.91. The first-order valence-electron chi connectivity index (χ1n) is 6.73. The van der Waals surface area contributed by atoms with E-state index in [1.165, 1.54) is 18.4 Å². The zero-order valence-corrected chi connectivity index (χ0v) is 10.8. The van der Waals surface area contributed by atoms with Gasteiger partial charge >= 0.3 is 0 Å². The number of benzene rings is 1. The Bertz CT molecular complexity index is 346. The second kappa shape index (κ2) is 5.54. The van der Waals surface area contributed by atoms with Gasteiger partial charge in [0.2, 0.25) is 0 Å².